The van der Waals surface area contributed by atoms with Crippen molar-refractivity contribution in [2.75, 3.05) is 20.1 Å². The first kappa shape index (κ1) is 18.4. The van der Waals surface area contributed by atoms with Crippen LogP contribution >= 0.6 is 0 Å². The van der Waals surface area contributed by atoms with E-state index in [2.05, 4.69) is 15.2 Å². The standard InChI is InChI=1S/C16H23F2N3O3/c1-16(2,3)20-15(22)24-11-7-12(14(17)18)19-13(8-11)23-10-5-6-21(4)9-10/h7-8,10,14H,5-6,9H2,1-4H3,(H,20,22)/t10-/m0/s1. The molecule has 0 unspecified atom stereocenters. The minimum absolute atomic E-state index is 0.0246. The summed E-state index contributed by atoms with van der Waals surface area (Å²) in [5.41, 5.74) is -0.985. The van der Waals surface area contributed by atoms with Crippen LogP contribution in [0.2, 0.25) is 0 Å². The maximum atomic E-state index is 13.0. The lowest BCUT2D eigenvalue weighted by Crippen LogP contribution is -2.42. The smallest absolute Gasteiger partial charge is 0.413 e. The summed E-state index contributed by atoms with van der Waals surface area (Å²) in [6.45, 7) is 6.93. The Morgan fingerprint density at radius 3 is 2.67 bits per heavy atom. The molecule has 0 aliphatic carbocycles. The minimum atomic E-state index is -2.78. The summed E-state index contributed by atoms with van der Waals surface area (Å²) in [6, 6.07) is 2.40. The zero-order valence-electron chi connectivity index (χ0n) is 14.3. The van der Waals surface area contributed by atoms with Crippen molar-refractivity contribution >= 4 is 6.09 Å². The van der Waals surface area contributed by atoms with E-state index in [1.54, 1.807) is 20.8 Å². The SMILES string of the molecule is CN1CC[C@H](Oc2cc(OC(=O)NC(C)(C)C)cc(C(F)F)n2)C1. The summed E-state index contributed by atoms with van der Waals surface area (Å²) in [4.78, 5) is 17.7. The lowest BCUT2D eigenvalue weighted by Gasteiger charge is -2.20. The van der Waals surface area contributed by atoms with Gasteiger partial charge in [-0.15, -0.1) is 0 Å². The molecule has 8 heteroatoms. The van der Waals surface area contributed by atoms with Gasteiger partial charge in [-0.3, -0.25) is 0 Å². The number of alkyl halides is 2. The molecule has 1 N–H and O–H groups in total. The van der Waals surface area contributed by atoms with E-state index >= 15 is 0 Å². The van der Waals surface area contributed by atoms with Gasteiger partial charge in [0.25, 0.3) is 6.43 Å². The van der Waals surface area contributed by atoms with Crippen molar-refractivity contribution in [2.24, 2.45) is 0 Å². The lowest BCUT2D eigenvalue weighted by atomic mass is 10.1. The van der Waals surface area contributed by atoms with Gasteiger partial charge in [0.15, 0.2) is 0 Å². The Morgan fingerprint density at radius 2 is 2.12 bits per heavy atom. The summed E-state index contributed by atoms with van der Waals surface area (Å²) in [5, 5.41) is 2.60. The maximum absolute atomic E-state index is 13.0. The van der Waals surface area contributed by atoms with Gasteiger partial charge in [-0.25, -0.2) is 18.6 Å². The van der Waals surface area contributed by atoms with E-state index in [0.717, 1.165) is 19.0 Å². The largest absolute Gasteiger partial charge is 0.473 e. The predicted molar refractivity (Wildman–Crippen MR) is 84.6 cm³/mol. The number of ether oxygens (including phenoxy) is 2. The number of carbonyl (C=O) groups excluding carboxylic acids is 1. The fourth-order valence-electron chi connectivity index (χ4n) is 2.33. The van der Waals surface area contributed by atoms with Crippen molar-refractivity contribution in [3.63, 3.8) is 0 Å². The molecule has 0 spiro atoms. The van der Waals surface area contributed by atoms with Gasteiger partial charge in [0.05, 0.1) is 0 Å². The van der Waals surface area contributed by atoms with Crippen LogP contribution in [0.1, 0.15) is 39.3 Å². The third kappa shape index (κ3) is 5.59. The van der Waals surface area contributed by atoms with E-state index in [0.29, 0.717) is 6.54 Å². The molecule has 6 nitrogen and oxygen atoms in total. The average Bonchev–Trinajstić information content (AvgIpc) is 2.81. The number of likely N-dealkylation sites (N-methyl/N-ethyl adjacent to an activating group) is 1. The molecule has 0 saturated carbocycles. The normalized spacial score (nSPS) is 18.7. The molecule has 2 rings (SSSR count). The van der Waals surface area contributed by atoms with Crippen LogP contribution in [0.5, 0.6) is 11.6 Å². The zero-order valence-corrected chi connectivity index (χ0v) is 14.3. The van der Waals surface area contributed by atoms with Crippen molar-refractivity contribution in [1.82, 2.24) is 15.2 Å². The van der Waals surface area contributed by atoms with E-state index in [9.17, 15) is 13.6 Å². The molecule has 1 fully saturated rings. The second kappa shape index (κ2) is 7.29. The number of nitrogens with one attached hydrogen (secondary N) is 1. The van der Waals surface area contributed by atoms with E-state index in [4.69, 9.17) is 9.47 Å². The van der Waals surface area contributed by atoms with Crippen LogP contribution in [0.15, 0.2) is 12.1 Å². The van der Waals surface area contributed by atoms with Crippen molar-refractivity contribution in [2.45, 2.75) is 45.3 Å². The molecule has 24 heavy (non-hydrogen) atoms. The molecule has 1 saturated heterocycles. The highest BCUT2D eigenvalue weighted by molar-refractivity contribution is 5.71. The maximum Gasteiger partial charge on any atom is 0.413 e. The van der Waals surface area contributed by atoms with Gasteiger partial charge in [-0.05, 0) is 34.2 Å². The van der Waals surface area contributed by atoms with Crippen molar-refractivity contribution in [3.05, 3.63) is 17.8 Å². The monoisotopic (exact) mass is 343 g/mol. The third-order valence-corrected chi connectivity index (χ3v) is 3.34. The summed E-state index contributed by atoms with van der Waals surface area (Å²) >= 11 is 0. The number of hydrogen-bond donors (Lipinski definition) is 1. The highest BCUT2D eigenvalue weighted by Crippen LogP contribution is 2.27. The molecule has 1 aliphatic rings. The Kier molecular flexibility index (Phi) is 5.58. The third-order valence-electron chi connectivity index (χ3n) is 3.34. The van der Waals surface area contributed by atoms with Gasteiger partial charge in [0.1, 0.15) is 17.5 Å². The van der Waals surface area contributed by atoms with Gasteiger partial charge in [0, 0.05) is 30.8 Å². The van der Waals surface area contributed by atoms with Crippen molar-refractivity contribution < 1.29 is 23.0 Å². The first-order valence-electron chi connectivity index (χ1n) is 7.78. The van der Waals surface area contributed by atoms with E-state index in [1.807, 2.05) is 7.05 Å². The highest BCUT2D eigenvalue weighted by atomic mass is 19.3. The van der Waals surface area contributed by atoms with Crippen LogP contribution in [-0.2, 0) is 0 Å². The fourth-order valence-corrected chi connectivity index (χ4v) is 2.33. The predicted octanol–water partition coefficient (Wildman–Crippen LogP) is 2.99. The Balaban J connectivity index is 2.13. The summed E-state index contributed by atoms with van der Waals surface area (Å²) in [5.74, 6) is 0.00932. The molecule has 1 aliphatic heterocycles. The topological polar surface area (TPSA) is 63.7 Å². The van der Waals surface area contributed by atoms with E-state index in [-0.39, 0.29) is 17.7 Å². The fraction of sp³-hybridized carbons (Fsp3) is 0.625. The van der Waals surface area contributed by atoms with Gasteiger partial charge in [-0.2, -0.15) is 0 Å². The second-order valence-electron chi connectivity index (χ2n) is 6.92. The molecule has 1 amide bonds. The molecule has 1 atom stereocenters. The number of nitrogens with zero attached hydrogens (tertiary/aromatic N) is 2. The number of amides is 1. The molecule has 0 bridgehead atoms. The second-order valence-corrected chi connectivity index (χ2v) is 6.92. The number of hydrogen-bond acceptors (Lipinski definition) is 5. The quantitative estimate of drug-likeness (QED) is 0.910. The Morgan fingerprint density at radius 1 is 1.42 bits per heavy atom. The molecular weight excluding hydrogens is 320 g/mol. The summed E-state index contributed by atoms with van der Waals surface area (Å²) < 4.78 is 36.8. The van der Waals surface area contributed by atoms with Gasteiger partial charge in [0.2, 0.25) is 5.88 Å². The van der Waals surface area contributed by atoms with E-state index in [1.165, 1.54) is 6.07 Å². The Bertz CT molecular complexity index is 590. The van der Waals surface area contributed by atoms with Crippen LogP contribution in [0.3, 0.4) is 0 Å². The number of aromatic nitrogens is 1. The molecule has 0 radical (unpaired) electrons. The van der Waals surface area contributed by atoms with Crippen LogP contribution < -0.4 is 14.8 Å². The molecule has 1 aromatic rings. The first-order valence-corrected chi connectivity index (χ1v) is 7.78. The molecule has 1 aromatic heterocycles. The number of halogens is 2. The van der Waals surface area contributed by atoms with Crippen molar-refractivity contribution in [3.8, 4) is 11.6 Å². The molecule has 0 aromatic carbocycles. The molecule has 134 valence electrons. The van der Waals surface area contributed by atoms with Gasteiger partial charge in [-0.1, -0.05) is 0 Å². The number of likely N-dealkylation sites (tertiary alicyclic amines) is 1. The number of pyridine rings is 1. The molecule has 2 heterocycles. The summed E-state index contributed by atoms with van der Waals surface area (Å²) in [6.07, 6.45) is -2.84. The Hall–Kier alpha value is -1.96. The Labute approximate surface area is 140 Å². The van der Waals surface area contributed by atoms with E-state index < -0.39 is 23.8 Å². The van der Waals surface area contributed by atoms with Gasteiger partial charge < -0.3 is 19.7 Å². The van der Waals surface area contributed by atoms with Crippen LogP contribution in [-0.4, -0.2) is 47.8 Å². The summed E-state index contributed by atoms with van der Waals surface area (Å²) in [7, 11) is 1.96. The molecular formula is C16H23F2N3O3. The van der Waals surface area contributed by atoms with Crippen LogP contribution in [0.25, 0.3) is 0 Å². The lowest BCUT2D eigenvalue weighted by molar-refractivity contribution is 0.141. The first-order chi connectivity index (χ1) is 11.1. The van der Waals surface area contributed by atoms with Crippen molar-refractivity contribution in [1.29, 1.82) is 0 Å². The minimum Gasteiger partial charge on any atom is -0.473 e. The van der Waals surface area contributed by atoms with Crippen LogP contribution in [0.4, 0.5) is 13.6 Å². The van der Waals surface area contributed by atoms with Crippen LogP contribution in [0, 0.1) is 0 Å². The number of rotatable bonds is 4. The zero-order chi connectivity index (χ0) is 17.9. The highest BCUT2D eigenvalue weighted by Gasteiger charge is 2.23. The average molecular weight is 343 g/mol. The van der Waals surface area contributed by atoms with Gasteiger partial charge >= 0.3 is 6.09 Å². The number of carbonyl (C=O) groups is 1.